The van der Waals surface area contributed by atoms with E-state index in [-0.39, 0.29) is 29.1 Å². The van der Waals surface area contributed by atoms with Crippen molar-refractivity contribution in [3.05, 3.63) is 18.0 Å². The molecule has 2 saturated heterocycles. The average molecular weight is 336 g/mol. The van der Waals surface area contributed by atoms with Gasteiger partial charge in [-0.15, -0.1) is 0 Å². The molecule has 0 spiro atoms. The van der Waals surface area contributed by atoms with Crippen LogP contribution in [-0.4, -0.2) is 49.2 Å². The first-order valence-electron chi connectivity index (χ1n) is 7.58. The Balaban J connectivity index is 1.74. The van der Waals surface area contributed by atoms with Crippen LogP contribution in [0.3, 0.4) is 0 Å². The molecule has 2 radical (unpaired) electrons. The Bertz CT molecular complexity index is 604. The Labute approximate surface area is 138 Å². The van der Waals surface area contributed by atoms with Crippen molar-refractivity contribution in [2.45, 2.75) is 43.8 Å². The van der Waals surface area contributed by atoms with Crippen molar-refractivity contribution in [2.75, 3.05) is 7.05 Å². The fourth-order valence-corrected chi connectivity index (χ4v) is 3.82. The number of carbonyl (C=O) groups is 1. The molecule has 1 aromatic heterocycles. The number of hydrogen-bond acceptors (Lipinski definition) is 5. The number of amides is 1. The largest absolute Gasteiger partial charge is 0.565 e. The van der Waals surface area contributed by atoms with Gasteiger partial charge < -0.3 is 19.4 Å². The summed E-state index contributed by atoms with van der Waals surface area (Å²) in [6.45, 7) is 0. The van der Waals surface area contributed by atoms with E-state index in [1.54, 1.807) is 0 Å². The van der Waals surface area contributed by atoms with Crippen molar-refractivity contribution >= 4 is 23.4 Å². The summed E-state index contributed by atoms with van der Waals surface area (Å²) in [4.78, 5) is 14.9. The van der Waals surface area contributed by atoms with Gasteiger partial charge in [-0.1, -0.05) is 0 Å². The lowest BCUT2D eigenvalue weighted by Gasteiger charge is -2.36. The number of piperidine rings is 1. The molecule has 3 heterocycles. The summed E-state index contributed by atoms with van der Waals surface area (Å²) in [6, 6.07) is 2.50. The minimum Gasteiger partial charge on any atom is -0.565 e. The lowest BCUT2D eigenvalue weighted by Crippen LogP contribution is -2.51. The molecular formula is C14H20BN3O4P+. The molecule has 2 fully saturated rings. The molecule has 2 bridgehead atoms. The molecule has 23 heavy (non-hydrogen) atoms. The fourth-order valence-electron chi connectivity index (χ4n) is 3.64. The van der Waals surface area contributed by atoms with Crippen LogP contribution in [0.2, 0.25) is 0 Å². The molecule has 1 amide bonds. The van der Waals surface area contributed by atoms with Crippen molar-refractivity contribution < 1.29 is 23.9 Å². The number of aromatic nitrogens is 1. The van der Waals surface area contributed by atoms with Crippen molar-refractivity contribution in [3.8, 4) is 11.5 Å². The highest BCUT2D eigenvalue weighted by Gasteiger charge is 2.39. The topological polar surface area (TPSA) is 74.9 Å². The van der Waals surface area contributed by atoms with Crippen molar-refractivity contribution in [1.29, 1.82) is 0 Å². The van der Waals surface area contributed by atoms with Crippen molar-refractivity contribution in [1.82, 2.24) is 10.2 Å². The molecule has 2 aliphatic heterocycles. The van der Waals surface area contributed by atoms with Crippen LogP contribution >= 0.6 is 9.47 Å². The molecule has 2 aliphatic rings. The standard InChI is InChI=1S/C14H19BN3O4P/c1-17-9-2-3-10(17)5-8(4-9)16-14(19)11-6-12(21-15)13(22-23)7-18(11)20/h6-10H,2-5,23H2,1H3,(H-,16,19,20)/p+1/t8?,9-,10+. The maximum atomic E-state index is 12.5. The van der Waals surface area contributed by atoms with Crippen LogP contribution < -0.4 is 19.2 Å². The van der Waals surface area contributed by atoms with Crippen molar-refractivity contribution in [2.24, 2.45) is 0 Å². The first kappa shape index (κ1) is 16.3. The molecule has 7 nitrogen and oxygen atoms in total. The van der Waals surface area contributed by atoms with E-state index in [9.17, 15) is 10.0 Å². The Morgan fingerprint density at radius 1 is 1.43 bits per heavy atom. The molecule has 1 aromatic rings. The van der Waals surface area contributed by atoms with Gasteiger partial charge in [-0.2, -0.15) is 0 Å². The first-order valence-corrected chi connectivity index (χ1v) is 8.05. The summed E-state index contributed by atoms with van der Waals surface area (Å²) in [7, 11) is 9.35. The monoisotopic (exact) mass is 336 g/mol. The first-order chi connectivity index (χ1) is 11.0. The van der Waals surface area contributed by atoms with E-state index >= 15 is 0 Å². The Hall–Kier alpha value is -1.53. The maximum absolute atomic E-state index is 12.5. The van der Waals surface area contributed by atoms with Gasteiger partial charge in [0, 0.05) is 22.9 Å². The third-order valence-electron chi connectivity index (χ3n) is 4.92. The summed E-state index contributed by atoms with van der Waals surface area (Å²) in [5.41, 5.74) is 0.0440. The second kappa shape index (κ2) is 6.53. The lowest BCUT2D eigenvalue weighted by atomic mass is 9.98. The smallest absolute Gasteiger partial charge is 0.374 e. The van der Waals surface area contributed by atoms with E-state index in [4.69, 9.17) is 12.6 Å². The van der Waals surface area contributed by atoms with Gasteiger partial charge >= 0.3 is 19.7 Å². The van der Waals surface area contributed by atoms with Crippen LogP contribution in [0.1, 0.15) is 36.2 Å². The third-order valence-corrected chi connectivity index (χ3v) is 5.17. The van der Waals surface area contributed by atoms with Gasteiger partial charge in [0.05, 0.1) is 15.5 Å². The Kier molecular flexibility index (Phi) is 4.64. The highest BCUT2D eigenvalue weighted by atomic mass is 31.0. The van der Waals surface area contributed by atoms with Gasteiger partial charge in [-0.3, -0.25) is 10.0 Å². The van der Waals surface area contributed by atoms with Gasteiger partial charge in [-0.25, -0.2) is 0 Å². The van der Waals surface area contributed by atoms with Crippen LogP contribution in [-0.2, 0) is 0 Å². The molecule has 0 aromatic carbocycles. The molecule has 2 unspecified atom stereocenters. The number of pyridine rings is 1. The highest BCUT2D eigenvalue weighted by Crippen LogP contribution is 2.34. The normalized spacial score (nSPS) is 26.8. The van der Waals surface area contributed by atoms with Gasteiger partial charge in [-0.05, 0) is 32.7 Å². The highest BCUT2D eigenvalue weighted by molar-refractivity contribution is 7.10. The van der Waals surface area contributed by atoms with E-state index < -0.39 is 0 Å². The van der Waals surface area contributed by atoms with E-state index in [2.05, 4.69) is 21.9 Å². The summed E-state index contributed by atoms with van der Waals surface area (Å²) < 4.78 is 10.3. The summed E-state index contributed by atoms with van der Waals surface area (Å²) >= 11 is 0. The van der Waals surface area contributed by atoms with Gasteiger partial charge in [0.15, 0.2) is 5.75 Å². The van der Waals surface area contributed by atoms with E-state index in [1.165, 1.54) is 25.1 Å². The summed E-state index contributed by atoms with van der Waals surface area (Å²) in [5, 5.41) is 13.0. The van der Waals surface area contributed by atoms with E-state index in [1.807, 2.05) is 9.47 Å². The molecule has 4 atom stereocenters. The zero-order valence-electron chi connectivity index (χ0n) is 12.9. The second-order valence-corrected chi connectivity index (χ2v) is 6.40. The quantitative estimate of drug-likeness (QED) is 0.356. The third kappa shape index (κ3) is 3.10. The number of carbonyl (C=O) groups excluding carboxylic acids is 1. The minimum absolute atomic E-state index is 0.0440. The number of rotatable bonds is 4. The number of nitrogens with one attached hydrogen (secondary N) is 1. The van der Waals surface area contributed by atoms with E-state index in [0.29, 0.717) is 16.8 Å². The molecule has 2 N–H and O–H groups in total. The Morgan fingerprint density at radius 3 is 2.65 bits per heavy atom. The second-order valence-electron chi connectivity index (χ2n) is 6.16. The van der Waals surface area contributed by atoms with Crippen LogP contribution in [0.15, 0.2) is 12.3 Å². The summed E-state index contributed by atoms with van der Waals surface area (Å²) in [6.07, 6.45) is 5.44. The van der Waals surface area contributed by atoms with Crippen LogP contribution in [0.5, 0.6) is 11.5 Å². The number of fused-ring (bicyclic) bond motifs is 2. The molecule has 0 aliphatic carbocycles. The van der Waals surface area contributed by atoms with Gasteiger partial charge in [0.25, 0.3) is 6.20 Å². The van der Waals surface area contributed by atoms with E-state index in [0.717, 1.165) is 12.8 Å². The predicted molar refractivity (Wildman–Crippen MR) is 85.6 cm³/mol. The molecule has 0 saturated carbocycles. The number of hydrogen-bond donors (Lipinski definition) is 2. The predicted octanol–water partition coefficient (Wildman–Crippen LogP) is 0.198. The SMILES string of the molecule is [B]Oc1cc(C(=O)NC2C[C@H]3CC[C@@H](C2)N3C)[n+](O)cc1OP. The Morgan fingerprint density at radius 2 is 2.09 bits per heavy atom. The van der Waals surface area contributed by atoms with Gasteiger partial charge in [0.2, 0.25) is 5.75 Å². The van der Waals surface area contributed by atoms with Crippen molar-refractivity contribution in [3.63, 3.8) is 0 Å². The fraction of sp³-hybridized carbons (Fsp3) is 0.571. The maximum Gasteiger partial charge on any atom is 0.374 e. The number of nitrogens with zero attached hydrogens (tertiary/aromatic N) is 2. The average Bonchev–Trinajstić information content (AvgIpc) is 2.75. The summed E-state index contributed by atoms with van der Waals surface area (Å²) in [5.74, 6) is 0.00263. The van der Waals surface area contributed by atoms with Crippen LogP contribution in [0.25, 0.3) is 0 Å². The molecule has 9 heteroatoms. The van der Waals surface area contributed by atoms with Crippen LogP contribution in [0.4, 0.5) is 0 Å². The molecule has 3 rings (SSSR count). The molecule has 122 valence electrons. The van der Waals surface area contributed by atoms with Gasteiger partial charge in [0.1, 0.15) is 0 Å². The molecular weight excluding hydrogens is 316 g/mol. The zero-order chi connectivity index (χ0) is 16.6. The lowest BCUT2D eigenvalue weighted by molar-refractivity contribution is -0.905. The minimum atomic E-state index is -0.366. The van der Waals surface area contributed by atoms with Crippen LogP contribution in [0, 0.1) is 0 Å². The zero-order valence-corrected chi connectivity index (χ0v) is 14.1.